The number of carbonyl (C=O) groups excluding carboxylic acids is 2. The van der Waals surface area contributed by atoms with Crippen molar-refractivity contribution in [2.45, 2.75) is 65.8 Å². The molecule has 0 bridgehead atoms. The number of nitrogens with one attached hydrogen (secondary N) is 1. The van der Waals surface area contributed by atoms with Crippen LogP contribution in [0.3, 0.4) is 0 Å². The molecule has 0 aromatic heterocycles. The van der Waals surface area contributed by atoms with Crippen LogP contribution in [0.1, 0.15) is 59.8 Å². The summed E-state index contributed by atoms with van der Waals surface area (Å²) < 4.78 is 0. The van der Waals surface area contributed by atoms with E-state index in [4.69, 9.17) is 5.11 Å². The number of rotatable bonds is 8. The predicted octanol–water partition coefficient (Wildman–Crippen LogP) is 1.94. The van der Waals surface area contributed by atoms with E-state index in [1.54, 1.807) is 4.90 Å². The largest absolute Gasteiger partial charge is 0.396 e. The Morgan fingerprint density at radius 2 is 2.05 bits per heavy atom. The van der Waals surface area contributed by atoms with Crippen molar-refractivity contribution in [1.82, 2.24) is 10.2 Å². The van der Waals surface area contributed by atoms with Crippen LogP contribution in [0, 0.1) is 11.3 Å². The van der Waals surface area contributed by atoms with Crippen molar-refractivity contribution in [3.05, 3.63) is 0 Å². The number of hydrogen-bond donors (Lipinski definition) is 2. The second-order valence-corrected chi connectivity index (χ2v) is 7.55. The van der Waals surface area contributed by atoms with E-state index in [9.17, 15) is 9.59 Å². The molecule has 1 atom stereocenters. The highest BCUT2D eigenvalue weighted by Crippen LogP contribution is 2.21. The lowest BCUT2D eigenvalue weighted by Crippen LogP contribution is -2.53. The third-order valence-electron chi connectivity index (χ3n) is 4.26. The van der Waals surface area contributed by atoms with Gasteiger partial charge in [0.05, 0.1) is 0 Å². The average molecular weight is 312 g/mol. The first-order valence-corrected chi connectivity index (χ1v) is 8.45. The minimum Gasteiger partial charge on any atom is -0.396 e. The summed E-state index contributed by atoms with van der Waals surface area (Å²) in [5.74, 6) is 0.396. The van der Waals surface area contributed by atoms with Crippen molar-refractivity contribution in [2.75, 3.05) is 19.7 Å². The van der Waals surface area contributed by atoms with Gasteiger partial charge < -0.3 is 15.3 Å². The molecular formula is C17H32N2O3. The number of aliphatic hydroxyl groups is 1. The SMILES string of the molecule is CC(C)CC(C(=O)NCC(C)(C)CCO)N1CCCCC1=O. The van der Waals surface area contributed by atoms with Crippen molar-refractivity contribution in [2.24, 2.45) is 11.3 Å². The summed E-state index contributed by atoms with van der Waals surface area (Å²) in [7, 11) is 0. The van der Waals surface area contributed by atoms with Gasteiger partial charge in [-0.2, -0.15) is 0 Å². The summed E-state index contributed by atoms with van der Waals surface area (Å²) in [6.07, 6.45) is 3.79. The number of carbonyl (C=O) groups is 2. The van der Waals surface area contributed by atoms with E-state index in [0.29, 0.717) is 38.3 Å². The van der Waals surface area contributed by atoms with E-state index >= 15 is 0 Å². The van der Waals surface area contributed by atoms with E-state index in [2.05, 4.69) is 19.2 Å². The van der Waals surface area contributed by atoms with Gasteiger partial charge >= 0.3 is 0 Å². The van der Waals surface area contributed by atoms with Crippen molar-refractivity contribution in [3.8, 4) is 0 Å². The Morgan fingerprint density at radius 1 is 1.36 bits per heavy atom. The Kier molecular flexibility index (Phi) is 7.33. The first-order valence-electron chi connectivity index (χ1n) is 8.45. The summed E-state index contributed by atoms with van der Waals surface area (Å²) in [5, 5.41) is 12.1. The fourth-order valence-corrected chi connectivity index (χ4v) is 2.81. The third kappa shape index (κ3) is 5.95. The average Bonchev–Trinajstić information content (AvgIpc) is 2.43. The minimum atomic E-state index is -0.363. The van der Waals surface area contributed by atoms with Crippen LogP contribution in [-0.2, 0) is 9.59 Å². The van der Waals surface area contributed by atoms with Gasteiger partial charge in [-0.1, -0.05) is 27.7 Å². The molecule has 1 aliphatic heterocycles. The van der Waals surface area contributed by atoms with Crippen LogP contribution >= 0.6 is 0 Å². The molecule has 0 aliphatic carbocycles. The molecule has 22 heavy (non-hydrogen) atoms. The van der Waals surface area contributed by atoms with Gasteiger partial charge in [-0.05, 0) is 37.0 Å². The van der Waals surface area contributed by atoms with Gasteiger partial charge in [0.1, 0.15) is 6.04 Å². The fourth-order valence-electron chi connectivity index (χ4n) is 2.81. The monoisotopic (exact) mass is 312 g/mol. The van der Waals surface area contributed by atoms with Crippen LogP contribution in [0.2, 0.25) is 0 Å². The van der Waals surface area contributed by atoms with Crippen LogP contribution in [0.25, 0.3) is 0 Å². The standard InChI is InChI=1S/C17H32N2O3/c1-13(2)11-14(19-9-6-5-7-15(19)21)16(22)18-12-17(3,4)8-10-20/h13-14,20H,5-12H2,1-4H3,(H,18,22). The van der Waals surface area contributed by atoms with E-state index < -0.39 is 0 Å². The molecule has 128 valence electrons. The summed E-state index contributed by atoms with van der Waals surface area (Å²) in [4.78, 5) is 26.5. The summed E-state index contributed by atoms with van der Waals surface area (Å²) in [6.45, 7) is 9.50. The molecule has 1 heterocycles. The Labute approximate surface area is 134 Å². The lowest BCUT2D eigenvalue weighted by atomic mass is 9.89. The van der Waals surface area contributed by atoms with E-state index in [1.165, 1.54) is 0 Å². The lowest BCUT2D eigenvalue weighted by Gasteiger charge is -2.35. The molecule has 0 radical (unpaired) electrons. The molecule has 1 unspecified atom stereocenters. The zero-order valence-corrected chi connectivity index (χ0v) is 14.5. The summed E-state index contributed by atoms with van der Waals surface area (Å²) in [6, 6.07) is -0.363. The maximum Gasteiger partial charge on any atom is 0.242 e. The fraction of sp³-hybridized carbons (Fsp3) is 0.882. The van der Waals surface area contributed by atoms with E-state index in [1.807, 2.05) is 13.8 Å². The van der Waals surface area contributed by atoms with Gasteiger partial charge in [0, 0.05) is 26.1 Å². The molecule has 1 rings (SSSR count). The van der Waals surface area contributed by atoms with Crippen LogP contribution in [0.15, 0.2) is 0 Å². The molecule has 0 aromatic carbocycles. The summed E-state index contributed by atoms with van der Waals surface area (Å²) >= 11 is 0. The minimum absolute atomic E-state index is 0.0602. The quantitative estimate of drug-likeness (QED) is 0.719. The zero-order chi connectivity index (χ0) is 16.8. The normalized spacial score (nSPS) is 17.7. The molecule has 2 N–H and O–H groups in total. The van der Waals surface area contributed by atoms with Crippen LogP contribution < -0.4 is 5.32 Å². The molecule has 0 spiro atoms. The van der Waals surface area contributed by atoms with Gasteiger partial charge in [0.15, 0.2) is 0 Å². The van der Waals surface area contributed by atoms with Gasteiger partial charge in [-0.15, -0.1) is 0 Å². The van der Waals surface area contributed by atoms with Gasteiger partial charge in [0.2, 0.25) is 11.8 Å². The van der Waals surface area contributed by atoms with Gasteiger partial charge in [0.25, 0.3) is 0 Å². The number of amides is 2. The molecule has 0 aromatic rings. The highest BCUT2D eigenvalue weighted by Gasteiger charge is 2.32. The zero-order valence-electron chi connectivity index (χ0n) is 14.5. The highest BCUT2D eigenvalue weighted by molar-refractivity contribution is 5.88. The van der Waals surface area contributed by atoms with Crippen molar-refractivity contribution in [1.29, 1.82) is 0 Å². The molecule has 5 nitrogen and oxygen atoms in total. The van der Waals surface area contributed by atoms with Crippen molar-refractivity contribution < 1.29 is 14.7 Å². The number of hydrogen-bond acceptors (Lipinski definition) is 3. The number of piperidine rings is 1. The summed E-state index contributed by atoms with van der Waals surface area (Å²) in [5.41, 5.74) is -0.140. The highest BCUT2D eigenvalue weighted by atomic mass is 16.3. The molecule has 1 fully saturated rings. The van der Waals surface area contributed by atoms with Crippen LogP contribution in [0.4, 0.5) is 0 Å². The smallest absolute Gasteiger partial charge is 0.242 e. The first kappa shape index (κ1) is 18.9. The third-order valence-corrected chi connectivity index (χ3v) is 4.26. The maximum absolute atomic E-state index is 12.6. The van der Waals surface area contributed by atoms with E-state index in [0.717, 1.165) is 12.8 Å². The van der Waals surface area contributed by atoms with Crippen molar-refractivity contribution >= 4 is 11.8 Å². The predicted molar refractivity (Wildman–Crippen MR) is 87.3 cm³/mol. The topological polar surface area (TPSA) is 69.6 Å². The van der Waals surface area contributed by atoms with Gasteiger partial charge in [-0.3, -0.25) is 9.59 Å². The number of nitrogens with zero attached hydrogens (tertiary/aromatic N) is 1. The number of likely N-dealkylation sites (tertiary alicyclic amines) is 1. The van der Waals surface area contributed by atoms with E-state index in [-0.39, 0.29) is 29.9 Å². The first-order chi connectivity index (χ1) is 10.3. The van der Waals surface area contributed by atoms with Crippen molar-refractivity contribution in [3.63, 3.8) is 0 Å². The maximum atomic E-state index is 12.6. The Morgan fingerprint density at radius 3 is 2.59 bits per heavy atom. The van der Waals surface area contributed by atoms with Crippen LogP contribution in [0.5, 0.6) is 0 Å². The Bertz CT molecular complexity index is 380. The Balaban J connectivity index is 2.70. The molecular weight excluding hydrogens is 280 g/mol. The van der Waals surface area contributed by atoms with Gasteiger partial charge in [-0.25, -0.2) is 0 Å². The number of aliphatic hydroxyl groups excluding tert-OH is 1. The lowest BCUT2D eigenvalue weighted by molar-refractivity contribution is -0.143. The molecule has 1 saturated heterocycles. The Hall–Kier alpha value is -1.10. The molecule has 2 amide bonds. The molecule has 5 heteroatoms. The molecule has 0 saturated carbocycles. The second-order valence-electron chi connectivity index (χ2n) is 7.55. The van der Waals surface area contributed by atoms with Crippen LogP contribution in [-0.4, -0.2) is 47.6 Å². The molecule has 1 aliphatic rings. The second kappa shape index (κ2) is 8.51.